The summed E-state index contributed by atoms with van der Waals surface area (Å²) in [6.45, 7) is 2.47. The average molecular weight is 362 g/mol. The van der Waals surface area contributed by atoms with Crippen molar-refractivity contribution in [2.24, 2.45) is 5.92 Å². The van der Waals surface area contributed by atoms with Gasteiger partial charge in [0.2, 0.25) is 5.91 Å². The van der Waals surface area contributed by atoms with Gasteiger partial charge in [0.1, 0.15) is 11.0 Å². The fraction of sp³-hybridized carbons (Fsp3) is 0.611. The Morgan fingerprint density at radius 2 is 1.96 bits per heavy atom. The molecule has 1 aliphatic heterocycles. The van der Waals surface area contributed by atoms with Crippen LogP contribution >= 0.6 is 11.7 Å². The third kappa shape index (κ3) is 4.34. The molecular formula is C18H27N5OS. The number of carbonyl (C=O) groups excluding carboxylic acids is 1. The molecule has 0 saturated carbocycles. The summed E-state index contributed by atoms with van der Waals surface area (Å²) in [4.78, 5) is 19.4. The van der Waals surface area contributed by atoms with Gasteiger partial charge >= 0.3 is 0 Å². The number of fused-ring (bicyclic) bond motifs is 1. The van der Waals surface area contributed by atoms with Crippen LogP contribution in [-0.4, -0.2) is 76.7 Å². The van der Waals surface area contributed by atoms with Gasteiger partial charge in [-0.3, -0.25) is 4.79 Å². The second-order valence-corrected chi connectivity index (χ2v) is 7.92. The average Bonchev–Trinajstić information content (AvgIpc) is 2.94. The van der Waals surface area contributed by atoms with Crippen LogP contribution in [0.4, 0.5) is 0 Å². The molecule has 1 aromatic carbocycles. The van der Waals surface area contributed by atoms with Crippen LogP contribution in [-0.2, 0) is 11.3 Å². The molecule has 1 aliphatic rings. The van der Waals surface area contributed by atoms with Crippen LogP contribution in [0.15, 0.2) is 18.2 Å². The Balaban J connectivity index is 1.64. The third-order valence-electron chi connectivity index (χ3n) is 5.10. The van der Waals surface area contributed by atoms with Crippen LogP contribution in [0.1, 0.15) is 18.4 Å². The molecule has 2 aromatic rings. The van der Waals surface area contributed by atoms with Crippen LogP contribution in [0.3, 0.4) is 0 Å². The van der Waals surface area contributed by atoms with E-state index in [1.54, 1.807) is 0 Å². The summed E-state index contributed by atoms with van der Waals surface area (Å²) < 4.78 is 8.51. The highest BCUT2D eigenvalue weighted by atomic mass is 32.1. The lowest BCUT2D eigenvalue weighted by Gasteiger charge is -2.26. The molecule has 2 heterocycles. The Morgan fingerprint density at radius 3 is 2.72 bits per heavy atom. The minimum atomic E-state index is 0.0737. The monoisotopic (exact) mass is 361 g/mol. The first kappa shape index (κ1) is 18.2. The number of benzene rings is 1. The molecule has 6 nitrogen and oxygen atoms in total. The fourth-order valence-corrected chi connectivity index (χ4v) is 4.12. The Morgan fingerprint density at radius 1 is 1.20 bits per heavy atom. The summed E-state index contributed by atoms with van der Waals surface area (Å²) in [6.07, 6.45) is 2.02. The first-order chi connectivity index (χ1) is 11.9. The van der Waals surface area contributed by atoms with Gasteiger partial charge in [-0.2, -0.15) is 8.75 Å². The molecule has 7 heteroatoms. The van der Waals surface area contributed by atoms with Crippen LogP contribution in [0.25, 0.3) is 11.0 Å². The summed E-state index contributed by atoms with van der Waals surface area (Å²) >= 11 is 1.22. The van der Waals surface area contributed by atoms with E-state index in [1.807, 2.05) is 30.1 Å². The van der Waals surface area contributed by atoms with E-state index in [4.69, 9.17) is 0 Å². The van der Waals surface area contributed by atoms with Crippen molar-refractivity contribution in [3.05, 3.63) is 23.8 Å². The van der Waals surface area contributed by atoms with Crippen LogP contribution in [0.5, 0.6) is 0 Å². The fourth-order valence-electron chi connectivity index (χ4n) is 3.60. The van der Waals surface area contributed by atoms with Crippen LogP contribution < -0.4 is 0 Å². The Hall–Kier alpha value is -1.57. The molecule has 1 amide bonds. The zero-order chi connectivity index (χ0) is 18.0. The zero-order valence-corrected chi connectivity index (χ0v) is 16.3. The maximum atomic E-state index is 13.0. The minimum Gasteiger partial charge on any atom is -0.341 e. The summed E-state index contributed by atoms with van der Waals surface area (Å²) in [7, 11) is 8.26. The van der Waals surface area contributed by atoms with Crippen LogP contribution in [0.2, 0.25) is 0 Å². The zero-order valence-electron chi connectivity index (χ0n) is 15.5. The molecule has 3 rings (SSSR count). The van der Waals surface area contributed by atoms with Gasteiger partial charge in [0.25, 0.3) is 0 Å². The van der Waals surface area contributed by atoms with E-state index < -0.39 is 0 Å². The van der Waals surface area contributed by atoms with Crippen molar-refractivity contribution in [2.45, 2.75) is 25.4 Å². The largest absolute Gasteiger partial charge is 0.341 e. The number of amides is 1. The summed E-state index contributed by atoms with van der Waals surface area (Å²) in [5.74, 6) is 0.312. The maximum Gasteiger partial charge on any atom is 0.227 e. The highest BCUT2D eigenvalue weighted by Crippen LogP contribution is 2.21. The van der Waals surface area contributed by atoms with Gasteiger partial charge in [0.05, 0.1) is 17.6 Å². The van der Waals surface area contributed by atoms with Gasteiger partial charge in [-0.15, -0.1) is 0 Å². The lowest BCUT2D eigenvalue weighted by molar-refractivity contribution is -0.135. The van der Waals surface area contributed by atoms with Crippen molar-refractivity contribution < 1.29 is 4.79 Å². The molecule has 0 N–H and O–H groups in total. The second-order valence-electron chi connectivity index (χ2n) is 7.39. The molecule has 136 valence electrons. The van der Waals surface area contributed by atoms with Gasteiger partial charge < -0.3 is 14.7 Å². The Bertz CT molecular complexity index is 731. The topological polar surface area (TPSA) is 52.6 Å². The number of aromatic nitrogens is 2. The number of likely N-dealkylation sites (N-methyl/N-ethyl adjacent to an activating group) is 2. The smallest absolute Gasteiger partial charge is 0.227 e. The van der Waals surface area contributed by atoms with Crippen molar-refractivity contribution in [1.29, 1.82) is 0 Å². The van der Waals surface area contributed by atoms with Crippen LogP contribution in [0, 0.1) is 5.92 Å². The van der Waals surface area contributed by atoms with E-state index in [0.29, 0.717) is 12.6 Å². The lowest BCUT2D eigenvalue weighted by atomic mass is 10.00. The molecule has 25 heavy (non-hydrogen) atoms. The molecule has 0 spiro atoms. The quantitative estimate of drug-likeness (QED) is 0.833. The molecule has 0 unspecified atom stereocenters. The third-order valence-corrected chi connectivity index (χ3v) is 5.65. The first-order valence-electron chi connectivity index (χ1n) is 8.75. The molecule has 1 fully saturated rings. The predicted molar refractivity (Wildman–Crippen MR) is 102 cm³/mol. The summed E-state index contributed by atoms with van der Waals surface area (Å²) in [5.41, 5.74) is 2.93. The number of hydrogen-bond acceptors (Lipinski definition) is 6. The number of hydrogen-bond donors (Lipinski definition) is 0. The van der Waals surface area contributed by atoms with Gasteiger partial charge in [-0.05, 0) is 51.7 Å². The van der Waals surface area contributed by atoms with Crippen molar-refractivity contribution >= 4 is 28.7 Å². The van der Waals surface area contributed by atoms with E-state index >= 15 is 0 Å². The highest BCUT2D eigenvalue weighted by Gasteiger charge is 2.29. The van der Waals surface area contributed by atoms with E-state index in [0.717, 1.165) is 42.5 Å². The Labute approximate surface area is 153 Å². The maximum absolute atomic E-state index is 13.0. The molecule has 0 bridgehead atoms. The molecule has 1 aromatic heterocycles. The van der Waals surface area contributed by atoms with E-state index in [-0.39, 0.29) is 11.8 Å². The van der Waals surface area contributed by atoms with Crippen molar-refractivity contribution in [1.82, 2.24) is 23.4 Å². The van der Waals surface area contributed by atoms with Crippen molar-refractivity contribution in [3.8, 4) is 0 Å². The lowest BCUT2D eigenvalue weighted by Crippen LogP contribution is -2.39. The number of nitrogens with zero attached hydrogens (tertiary/aromatic N) is 5. The normalized spacial score (nSPS) is 22.3. The van der Waals surface area contributed by atoms with Gasteiger partial charge in [0.15, 0.2) is 0 Å². The molecule has 2 atom stereocenters. The van der Waals surface area contributed by atoms with Gasteiger partial charge in [-0.1, -0.05) is 6.07 Å². The number of likely N-dealkylation sites (tertiary alicyclic amines) is 1. The summed E-state index contributed by atoms with van der Waals surface area (Å²) in [6, 6.07) is 6.57. The molecule has 0 aliphatic carbocycles. The van der Waals surface area contributed by atoms with Gasteiger partial charge in [-0.25, -0.2) is 0 Å². The highest BCUT2D eigenvalue weighted by molar-refractivity contribution is 7.00. The molecule has 0 radical (unpaired) electrons. The predicted octanol–water partition coefficient (Wildman–Crippen LogP) is 1.92. The molecular weight excluding hydrogens is 334 g/mol. The van der Waals surface area contributed by atoms with Crippen molar-refractivity contribution in [2.75, 3.05) is 41.3 Å². The van der Waals surface area contributed by atoms with E-state index in [1.165, 1.54) is 11.7 Å². The summed E-state index contributed by atoms with van der Waals surface area (Å²) in [5, 5.41) is 0. The second kappa shape index (κ2) is 7.76. The van der Waals surface area contributed by atoms with E-state index in [2.05, 4.69) is 39.7 Å². The van der Waals surface area contributed by atoms with E-state index in [9.17, 15) is 4.79 Å². The number of carbonyl (C=O) groups is 1. The Kier molecular flexibility index (Phi) is 5.66. The van der Waals surface area contributed by atoms with Crippen molar-refractivity contribution in [3.63, 3.8) is 0 Å². The van der Waals surface area contributed by atoms with Gasteiger partial charge in [0, 0.05) is 32.7 Å². The number of rotatable bonds is 4. The first-order valence-corrected chi connectivity index (χ1v) is 9.48. The SMILES string of the molecule is CN1C[C@H](C(=O)N(C)Cc2ccc3nsnc3c2)CC[C@H](N(C)C)C1. The standard InChI is InChI=1S/C18H27N5OS/c1-21(2)15-7-6-14(11-22(3)12-15)18(24)23(4)10-13-5-8-16-17(9-13)20-25-19-16/h5,8-9,14-15H,6-7,10-12H2,1-4H3/t14-,15+/m1/s1. The molecule has 1 saturated heterocycles. The minimum absolute atomic E-state index is 0.0737.